The molecule has 20 heavy (non-hydrogen) atoms. The Bertz CT molecular complexity index is 482. The minimum absolute atomic E-state index is 0.0498. The first-order valence-corrected chi connectivity index (χ1v) is 6.91. The van der Waals surface area contributed by atoms with Crippen LogP contribution in [0, 0.1) is 16.0 Å². The third-order valence-electron chi connectivity index (χ3n) is 3.80. The second-order valence-corrected chi connectivity index (χ2v) is 5.69. The quantitative estimate of drug-likeness (QED) is 0.517. The fourth-order valence-electron chi connectivity index (χ4n) is 2.82. The van der Waals surface area contributed by atoms with Gasteiger partial charge < -0.3 is 15.5 Å². The Morgan fingerprint density at radius 1 is 1.40 bits per heavy atom. The number of anilines is 2. The van der Waals surface area contributed by atoms with Crippen LogP contribution in [-0.4, -0.2) is 43.6 Å². The van der Waals surface area contributed by atoms with Crippen molar-refractivity contribution in [2.75, 3.05) is 44.4 Å². The van der Waals surface area contributed by atoms with Gasteiger partial charge in [-0.2, -0.15) is 0 Å². The number of hydrogen-bond acceptors (Lipinski definition) is 5. The van der Waals surface area contributed by atoms with Crippen molar-refractivity contribution in [1.29, 1.82) is 0 Å². The predicted molar refractivity (Wildman–Crippen MR) is 81.0 cm³/mol. The normalized spacial score (nSPS) is 16.6. The van der Waals surface area contributed by atoms with Crippen molar-refractivity contribution >= 4 is 17.1 Å². The van der Waals surface area contributed by atoms with Crippen LogP contribution in [0.4, 0.5) is 17.1 Å². The van der Waals surface area contributed by atoms with Gasteiger partial charge in [-0.1, -0.05) is 0 Å². The van der Waals surface area contributed by atoms with Gasteiger partial charge in [-0.15, -0.1) is 0 Å². The maximum Gasteiger partial charge on any atom is 0.271 e. The van der Waals surface area contributed by atoms with E-state index in [0.717, 1.165) is 44.1 Å². The Morgan fingerprint density at radius 2 is 2.05 bits per heavy atom. The van der Waals surface area contributed by atoms with Crippen molar-refractivity contribution in [2.45, 2.75) is 12.8 Å². The minimum Gasteiger partial charge on any atom is -0.397 e. The van der Waals surface area contributed by atoms with E-state index < -0.39 is 4.92 Å². The van der Waals surface area contributed by atoms with Gasteiger partial charge in [0.15, 0.2) is 0 Å². The highest BCUT2D eigenvalue weighted by Crippen LogP contribution is 2.30. The zero-order chi connectivity index (χ0) is 14.7. The highest BCUT2D eigenvalue weighted by Gasteiger charge is 2.21. The van der Waals surface area contributed by atoms with Gasteiger partial charge in [0, 0.05) is 31.8 Å². The summed E-state index contributed by atoms with van der Waals surface area (Å²) in [4.78, 5) is 14.8. The van der Waals surface area contributed by atoms with Crippen molar-refractivity contribution in [3.05, 3.63) is 28.3 Å². The van der Waals surface area contributed by atoms with Gasteiger partial charge >= 0.3 is 0 Å². The standard InChI is InChI=1S/C14H22N4O2/c1-16(2)10-11-5-7-17(8-6-11)14-4-3-12(18(19)20)9-13(14)15/h3-4,9,11H,5-8,10,15H2,1-2H3. The molecule has 2 rings (SSSR count). The Hall–Kier alpha value is -1.82. The van der Waals surface area contributed by atoms with Crippen LogP contribution in [0.5, 0.6) is 0 Å². The van der Waals surface area contributed by atoms with Gasteiger partial charge in [-0.05, 0) is 38.9 Å². The number of piperidine rings is 1. The van der Waals surface area contributed by atoms with Crippen LogP contribution in [0.3, 0.4) is 0 Å². The average Bonchev–Trinajstić information content (AvgIpc) is 2.39. The number of nitrogens with two attached hydrogens (primary N) is 1. The molecule has 1 aromatic rings. The van der Waals surface area contributed by atoms with Crippen molar-refractivity contribution in [3.63, 3.8) is 0 Å². The predicted octanol–water partition coefficient (Wildman–Crippen LogP) is 1.95. The SMILES string of the molecule is CN(C)CC1CCN(c2ccc([N+](=O)[O-])cc2N)CC1. The molecule has 1 heterocycles. The number of non-ortho nitro benzene ring substituents is 1. The molecule has 110 valence electrons. The van der Waals surface area contributed by atoms with Crippen LogP contribution in [0.25, 0.3) is 0 Å². The van der Waals surface area contributed by atoms with Gasteiger partial charge in [-0.3, -0.25) is 10.1 Å². The van der Waals surface area contributed by atoms with E-state index in [9.17, 15) is 10.1 Å². The Morgan fingerprint density at radius 3 is 2.55 bits per heavy atom. The van der Waals surface area contributed by atoms with E-state index >= 15 is 0 Å². The summed E-state index contributed by atoms with van der Waals surface area (Å²) >= 11 is 0. The monoisotopic (exact) mass is 278 g/mol. The molecule has 1 saturated heterocycles. The molecular formula is C14H22N4O2. The summed E-state index contributed by atoms with van der Waals surface area (Å²) in [5.41, 5.74) is 7.41. The summed E-state index contributed by atoms with van der Waals surface area (Å²) in [6.45, 7) is 3.03. The number of nitrogens with zero attached hydrogens (tertiary/aromatic N) is 3. The highest BCUT2D eigenvalue weighted by molar-refractivity contribution is 5.70. The smallest absolute Gasteiger partial charge is 0.271 e. The molecule has 1 aliphatic rings. The van der Waals surface area contributed by atoms with Crippen molar-refractivity contribution in [2.24, 2.45) is 5.92 Å². The molecule has 0 amide bonds. The van der Waals surface area contributed by atoms with Crippen LogP contribution in [-0.2, 0) is 0 Å². The lowest BCUT2D eigenvalue weighted by atomic mass is 9.96. The summed E-state index contributed by atoms with van der Waals surface area (Å²) in [6.07, 6.45) is 2.27. The first-order valence-electron chi connectivity index (χ1n) is 6.91. The zero-order valence-electron chi connectivity index (χ0n) is 12.1. The Labute approximate surface area is 119 Å². The van der Waals surface area contributed by atoms with Gasteiger partial charge in [0.1, 0.15) is 0 Å². The first kappa shape index (κ1) is 14.6. The number of nitro benzene ring substituents is 1. The van der Waals surface area contributed by atoms with Crippen LogP contribution in [0.15, 0.2) is 18.2 Å². The molecular weight excluding hydrogens is 256 g/mol. The molecule has 0 saturated carbocycles. The molecule has 0 radical (unpaired) electrons. The van der Waals surface area contributed by atoms with Crippen LogP contribution < -0.4 is 10.6 Å². The molecule has 0 atom stereocenters. The number of benzene rings is 1. The van der Waals surface area contributed by atoms with E-state index in [4.69, 9.17) is 5.73 Å². The lowest BCUT2D eigenvalue weighted by Gasteiger charge is -2.35. The zero-order valence-corrected chi connectivity index (χ0v) is 12.1. The molecule has 1 fully saturated rings. The first-order chi connectivity index (χ1) is 9.47. The third kappa shape index (κ3) is 3.39. The highest BCUT2D eigenvalue weighted by atomic mass is 16.6. The molecule has 0 spiro atoms. The van der Waals surface area contributed by atoms with Crippen molar-refractivity contribution < 1.29 is 4.92 Å². The third-order valence-corrected chi connectivity index (χ3v) is 3.80. The Kier molecular flexibility index (Phi) is 4.44. The fraction of sp³-hybridized carbons (Fsp3) is 0.571. The van der Waals surface area contributed by atoms with Gasteiger partial charge in [0.05, 0.1) is 16.3 Å². The molecule has 2 N–H and O–H groups in total. The second kappa shape index (κ2) is 6.09. The van der Waals surface area contributed by atoms with Crippen molar-refractivity contribution in [1.82, 2.24) is 4.90 Å². The molecule has 1 aromatic carbocycles. The summed E-state index contributed by atoms with van der Waals surface area (Å²) in [5, 5.41) is 10.7. The molecule has 0 bridgehead atoms. The van der Waals surface area contributed by atoms with Gasteiger partial charge in [0.25, 0.3) is 5.69 Å². The number of hydrogen-bond donors (Lipinski definition) is 1. The van der Waals surface area contributed by atoms with Crippen LogP contribution in [0.2, 0.25) is 0 Å². The van der Waals surface area contributed by atoms with E-state index in [0.29, 0.717) is 5.69 Å². The maximum atomic E-state index is 10.7. The Balaban J connectivity index is 2.02. The largest absolute Gasteiger partial charge is 0.397 e. The van der Waals surface area contributed by atoms with Crippen molar-refractivity contribution in [3.8, 4) is 0 Å². The van der Waals surface area contributed by atoms with Gasteiger partial charge in [-0.25, -0.2) is 0 Å². The summed E-state index contributed by atoms with van der Waals surface area (Å²) in [7, 11) is 4.20. The maximum absolute atomic E-state index is 10.7. The van der Waals surface area contributed by atoms with Crippen LogP contribution in [0.1, 0.15) is 12.8 Å². The summed E-state index contributed by atoms with van der Waals surface area (Å²) in [5.74, 6) is 0.723. The molecule has 0 aliphatic carbocycles. The molecule has 6 nitrogen and oxygen atoms in total. The lowest BCUT2D eigenvalue weighted by Crippen LogP contribution is -2.37. The second-order valence-electron chi connectivity index (χ2n) is 5.69. The minimum atomic E-state index is -0.413. The van der Waals surface area contributed by atoms with E-state index in [-0.39, 0.29) is 5.69 Å². The molecule has 6 heteroatoms. The van der Waals surface area contributed by atoms with E-state index in [1.54, 1.807) is 6.07 Å². The van der Waals surface area contributed by atoms with Crippen LogP contribution >= 0.6 is 0 Å². The van der Waals surface area contributed by atoms with Gasteiger partial charge in [0.2, 0.25) is 0 Å². The number of nitrogen functional groups attached to an aromatic ring is 1. The lowest BCUT2D eigenvalue weighted by molar-refractivity contribution is -0.384. The molecule has 0 aromatic heterocycles. The number of rotatable bonds is 4. The molecule has 0 unspecified atom stereocenters. The van der Waals surface area contributed by atoms with E-state index in [1.807, 2.05) is 0 Å². The van der Waals surface area contributed by atoms with E-state index in [1.165, 1.54) is 12.1 Å². The molecule has 1 aliphatic heterocycles. The van der Waals surface area contributed by atoms with E-state index in [2.05, 4.69) is 23.9 Å². The topological polar surface area (TPSA) is 75.6 Å². The number of nitro groups is 1. The fourth-order valence-corrected chi connectivity index (χ4v) is 2.82. The average molecular weight is 278 g/mol. The summed E-state index contributed by atoms with van der Waals surface area (Å²) in [6, 6.07) is 4.73. The summed E-state index contributed by atoms with van der Waals surface area (Å²) < 4.78 is 0.